The zero-order valence-corrected chi connectivity index (χ0v) is 16.7. The van der Waals surface area contributed by atoms with E-state index in [2.05, 4.69) is 15.5 Å². The molecule has 0 radical (unpaired) electrons. The third kappa shape index (κ3) is 5.52. The van der Waals surface area contributed by atoms with Gasteiger partial charge < -0.3 is 9.84 Å². The second kappa shape index (κ2) is 8.58. The summed E-state index contributed by atoms with van der Waals surface area (Å²) >= 11 is 5.84. The van der Waals surface area contributed by atoms with Gasteiger partial charge in [0.15, 0.2) is 0 Å². The van der Waals surface area contributed by atoms with Gasteiger partial charge in [0.2, 0.25) is 27.6 Å². The first-order valence-corrected chi connectivity index (χ1v) is 10.5. The van der Waals surface area contributed by atoms with Gasteiger partial charge in [-0.1, -0.05) is 16.8 Å². The fraction of sp³-hybridized carbons (Fsp3) is 0.167. The number of carbonyl (C=O) groups excluding carboxylic acids is 1. The van der Waals surface area contributed by atoms with E-state index in [-0.39, 0.29) is 18.1 Å². The lowest BCUT2D eigenvalue weighted by molar-refractivity contribution is -0.119. The zero-order chi connectivity index (χ0) is 21.0. The van der Waals surface area contributed by atoms with Gasteiger partial charge in [-0.25, -0.2) is 12.8 Å². The fourth-order valence-corrected chi connectivity index (χ4v) is 3.39. The molecular weight excluding hydrogens is 423 g/mol. The molecule has 29 heavy (non-hydrogen) atoms. The molecule has 0 fully saturated rings. The summed E-state index contributed by atoms with van der Waals surface area (Å²) < 4.78 is 43.1. The average Bonchev–Trinajstić information content (AvgIpc) is 3.14. The third-order valence-corrected chi connectivity index (χ3v) is 5.20. The summed E-state index contributed by atoms with van der Waals surface area (Å²) in [4.78, 5) is 16.4. The first-order valence-electron chi connectivity index (χ1n) is 8.31. The van der Waals surface area contributed by atoms with E-state index in [0.29, 0.717) is 16.4 Å². The van der Waals surface area contributed by atoms with Crippen molar-refractivity contribution in [3.8, 4) is 11.4 Å². The molecule has 1 aromatic heterocycles. The zero-order valence-electron chi connectivity index (χ0n) is 15.2. The molecule has 1 heterocycles. The second-order valence-electron chi connectivity index (χ2n) is 6.04. The van der Waals surface area contributed by atoms with Crippen molar-refractivity contribution < 1.29 is 22.1 Å². The first kappa shape index (κ1) is 20.7. The van der Waals surface area contributed by atoms with Crippen molar-refractivity contribution in [2.24, 2.45) is 0 Å². The minimum atomic E-state index is -3.76. The number of rotatable bonds is 7. The van der Waals surface area contributed by atoms with Crippen LogP contribution < -0.4 is 9.62 Å². The van der Waals surface area contributed by atoms with Gasteiger partial charge >= 0.3 is 0 Å². The number of sulfonamides is 1. The quantitative estimate of drug-likeness (QED) is 0.607. The monoisotopic (exact) mass is 438 g/mol. The minimum absolute atomic E-state index is 0.0829. The van der Waals surface area contributed by atoms with Crippen LogP contribution in [0.15, 0.2) is 53.1 Å². The number of carbonyl (C=O) groups is 1. The third-order valence-electron chi connectivity index (χ3n) is 3.81. The Morgan fingerprint density at radius 2 is 1.83 bits per heavy atom. The van der Waals surface area contributed by atoms with Gasteiger partial charge in [0.1, 0.15) is 12.4 Å². The molecule has 0 aliphatic carbocycles. The predicted molar refractivity (Wildman–Crippen MR) is 105 cm³/mol. The lowest BCUT2D eigenvalue weighted by atomic mass is 10.2. The molecule has 1 amide bonds. The van der Waals surface area contributed by atoms with Crippen molar-refractivity contribution >= 4 is 33.2 Å². The van der Waals surface area contributed by atoms with Crippen LogP contribution in [0.4, 0.5) is 10.1 Å². The maximum absolute atomic E-state index is 13.1. The topological polar surface area (TPSA) is 105 Å². The highest BCUT2D eigenvalue weighted by atomic mass is 35.5. The van der Waals surface area contributed by atoms with Crippen molar-refractivity contribution in [1.82, 2.24) is 15.5 Å². The van der Waals surface area contributed by atoms with Crippen molar-refractivity contribution in [2.45, 2.75) is 6.54 Å². The average molecular weight is 439 g/mol. The lowest BCUT2D eigenvalue weighted by Crippen LogP contribution is -2.40. The van der Waals surface area contributed by atoms with Crippen molar-refractivity contribution in [3.63, 3.8) is 0 Å². The molecule has 0 saturated carbocycles. The predicted octanol–water partition coefficient (Wildman–Crippen LogP) is 2.61. The molecular formula is C18H16ClFN4O4S. The highest BCUT2D eigenvalue weighted by Gasteiger charge is 2.21. The summed E-state index contributed by atoms with van der Waals surface area (Å²) in [6, 6.07) is 11.6. The van der Waals surface area contributed by atoms with E-state index in [9.17, 15) is 17.6 Å². The molecule has 0 saturated heterocycles. The number of benzene rings is 2. The summed E-state index contributed by atoms with van der Waals surface area (Å²) in [5.41, 5.74) is 0.863. The lowest BCUT2D eigenvalue weighted by Gasteiger charge is -2.21. The van der Waals surface area contributed by atoms with Gasteiger partial charge in [-0.05, 0) is 48.5 Å². The molecule has 0 unspecified atom stereocenters. The summed E-state index contributed by atoms with van der Waals surface area (Å²) in [5, 5.41) is 6.92. The molecule has 0 bridgehead atoms. The number of hydrogen-bond acceptors (Lipinski definition) is 6. The Balaban J connectivity index is 1.64. The van der Waals surface area contributed by atoms with Gasteiger partial charge in [-0.3, -0.25) is 9.10 Å². The molecule has 0 aliphatic rings. The standard InChI is InChI=1S/C18H16ClFN4O4S/c1-29(26,27)24(15-8-6-14(20)7-9-15)11-16(25)21-10-17-22-18(23-28-17)12-2-4-13(19)5-3-12/h2-9H,10-11H2,1H3,(H,21,25). The molecule has 3 aromatic rings. The number of amides is 1. The Bertz CT molecular complexity index is 1100. The molecule has 11 heteroatoms. The fourth-order valence-electron chi connectivity index (χ4n) is 2.41. The van der Waals surface area contributed by atoms with Gasteiger partial charge in [-0.15, -0.1) is 0 Å². The number of hydrogen-bond donors (Lipinski definition) is 1. The summed E-state index contributed by atoms with van der Waals surface area (Å²) in [6.07, 6.45) is 0.958. The first-order chi connectivity index (χ1) is 13.7. The molecule has 0 atom stereocenters. The van der Waals surface area contributed by atoms with Crippen LogP contribution in [0, 0.1) is 5.82 Å². The maximum Gasteiger partial charge on any atom is 0.246 e. The van der Waals surface area contributed by atoms with Crippen LogP contribution in [-0.4, -0.2) is 37.3 Å². The van der Waals surface area contributed by atoms with Crippen LogP contribution in [0.5, 0.6) is 0 Å². The smallest absolute Gasteiger partial charge is 0.246 e. The van der Waals surface area contributed by atoms with Crippen LogP contribution in [-0.2, 0) is 21.4 Å². The second-order valence-corrected chi connectivity index (χ2v) is 8.38. The summed E-state index contributed by atoms with van der Waals surface area (Å²) in [5.74, 6) is -0.628. The highest BCUT2D eigenvalue weighted by Crippen LogP contribution is 2.19. The van der Waals surface area contributed by atoms with Gasteiger partial charge in [-0.2, -0.15) is 4.98 Å². The van der Waals surface area contributed by atoms with Crippen LogP contribution >= 0.6 is 11.6 Å². The van der Waals surface area contributed by atoms with E-state index in [1.165, 1.54) is 12.1 Å². The molecule has 2 aromatic carbocycles. The van der Waals surface area contributed by atoms with E-state index in [0.717, 1.165) is 22.7 Å². The van der Waals surface area contributed by atoms with Crippen LogP contribution in [0.2, 0.25) is 5.02 Å². The van der Waals surface area contributed by atoms with Gasteiger partial charge in [0, 0.05) is 10.6 Å². The molecule has 0 spiro atoms. The molecule has 3 rings (SSSR count). The Morgan fingerprint density at radius 1 is 1.17 bits per heavy atom. The Morgan fingerprint density at radius 3 is 2.45 bits per heavy atom. The van der Waals surface area contributed by atoms with Crippen LogP contribution in [0.3, 0.4) is 0 Å². The Kier molecular flexibility index (Phi) is 6.14. The molecule has 1 N–H and O–H groups in total. The van der Waals surface area contributed by atoms with E-state index in [4.69, 9.17) is 16.1 Å². The van der Waals surface area contributed by atoms with Crippen molar-refractivity contribution in [1.29, 1.82) is 0 Å². The van der Waals surface area contributed by atoms with Crippen LogP contribution in [0.25, 0.3) is 11.4 Å². The number of anilines is 1. The van der Waals surface area contributed by atoms with Crippen LogP contribution in [0.1, 0.15) is 5.89 Å². The van der Waals surface area contributed by atoms with Crippen molar-refractivity contribution in [2.75, 3.05) is 17.1 Å². The highest BCUT2D eigenvalue weighted by molar-refractivity contribution is 7.92. The van der Waals surface area contributed by atoms with E-state index in [1.54, 1.807) is 24.3 Å². The summed E-state index contributed by atoms with van der Waals surface area (Å²) in [6.45, 7) is -0.566. The number of nitrogens with one attached hydrogen (secondary N) is 1. The van der Waals surface area contributed by atoms with E-state index >= 15 is 0 Å². The van der Waals surface area contributed by atoms with E-state index in [1.807, 2.05) is 0 Å². The minimum Gasteiger partial charge on any atom is -0.345 e. The molecule has 8 nitrogen and oxygen atoms in total. The van der Waals surface area contributed by atoms with Gasteiger partial charge in [0.05, 0.1) is 18.5 Å². The Labute approximate surface area is 171 Å². The summed E-state index contributed by atoms with van der Waals surface area (Å²) in [7, 11) is -3.76. The maximum atomic E-state index is 13.1. The van der Waals surface area contributed by atoms with Gasteiger partial charge in [0.25, 0.3) is 0 Å². The molecule has 0 aliphatic heterocycles. The number of nitrogens with zero attached hydrogens (tertiary/aromatic N) is 3. The number of halogens is 2. The molecule has 152 valence electrons. The Hall–Kier alpha value is -2.98. The largest absolute Gasteiger partial charge is 0.345 e. The number of aromatic nitrogens is 2. The normalized spacial score (nSPS) is 11.3. The van der Waals surface area contributed by atoms with Crippen molar-refractivity contribution in [3.05, 3.63) is 65.3 Å². The SMILES string of the molecule is CS(=O)(=O)N(CC(=O)NCc1nc(-c2ccc(Cl)cc2)no1)c1ccc(F)cc1. The van der Waals surface area contributed by atoms with E-state index < -0.39 is 28.3 Å².